The van der Waals surface area contributed by atoms with Crippen molar-refractivity contribution in [2.24, 2.45) is 0 Å². The molecular weight excluding hydrogens is 288 g/mol. The van der Waals surface area contributed by atoms with Gasteiger partial charge in [0.25, 0.3) is 0 Å². The first-order chi connectivity index (χ1) is 9.98. The van der Waals surface area contributed by atoms with Gasteiger partial charge in [0.2, 0.25) is 5.91 Å². The minimum Gasteiger partial charge on any atom is -0.325 e. The van der Waals surface area contributed by atoms with Crippen molar-refractivity contribution < 1.29 is 13.2 Å². The van der Waals surface area contributed by atoms with Crippen molar-refractivity contribution in [2.45, 2.75) is 32.6 Å². The Kier molecular flexibility index (Phi) is 6.89. The van der Waals surface area contributed by atoms with E-state index < -0.39 is 15.7 Å². The van der Waals surface area contributed by atoms with Crippen LogP contribution in [0.15, 0.2) is 24.3 Å². The van der Waals surface area contributed by atoms with Gasteiger partial charge in [-0.15, -0.1) is 0 Å². The van der Waals surface area contributed by atoms with Crippen molar-refractivity contribution in [2.75, 3.05) is 16.8 Å². The molecule has 0 atom stereocenters. The second-order valence-electron chi connectivity index (χ2n) is 4.81. The first-order valence-electron chi connectivity index (χ1n) is 6.98. The fraction of sp³-hybridized carbons (Fsp3) is 0.467. The topological polar surface area (TPSA) is 87.0 Å². The van der Waals surface area contributed by atoms with E-state index in [9.17, 15) is 13.2 Å². The summed E-state index contributed by atoms with van der Waals surface area (Å²) in [4.78, 5) is 11.8. The van der Waals surface area contributed by atoms with Crippen LogP contribution in [0.3, 0.4) is 0 Å². The maximum Gasteiger partial charge on any atom is 0.225 e. The molecule has 0 aliphatic heterocycles. The van der Waals surface area contributed by atoms with Gasteiger partial charge in [0, 0.05) is 6.42 Å². The molecule has 1 amide bonds. The van der Waals surface area contributed by atoms with Crippen molar-refractivity contribution in [1.29, 1.82) is 5.26 Å². The number of rotatable bonds is 8. The molecule has 0 spiro atoms. The van der Waals surface area contributed by atoms with Gasteiger partial charge in [-0.25, -0.2) is 8.42 Å². The average molecular weight is 308 g/mol. The third-order valence-electron chi connectivity index (χ3n) is 3.02. The number of carbonyl (C=O) groups excluding carboxylic acids is 1. The molecule has 0 bridgehead atoms. The molecule has 1 N–H and O–H groups in total. The van der Waals surface area contributed by atoms with Crippen LogP contribution in [-0.2, 0) is 14.6 Å². The van der Waals surface area contributed by atoms with Crippen LogP contribution >= 0.6 is 0 Å². The molecule has 0 fully saturated rings. The summed E-state index contributed by atoms with van der Waals surface area (Å²) < 4.78 is 23.5. The van der Waals surface area contributed by atoms with E-state index in [1.54, 1.807) is 24.3 Å². The van der Waals surface area contributed by atoms with Gasteiger partial charge < -0.3 is 5.32 Å². The van der Waals surface area contributed by atoms with Crippen LogP contribution in [0.4, 0.5) is 5.69 Å². The zero-order chi connectivity index (χ0) is 15.7. The highest BCUT2D eigenvalue weighted by Crippen LogP contribution is 2.14. The Morgan fingerprint density at radius 1 is 1.24 bits per heavy atom. The van der Waals surface area contributed by atoms with Crippen molar-refractivity contribution in [1.82, 2.24) is 0 Å². The van der Waals surface area contributed by atoms with Gasteiger partial charge in [0.05, 0.1) is 22.8 Å². The number of benzene rings is 1. The minimum atomic E-state index is -3.18. The van der Waals surface area contributed by atoms with Crippen LogP contribution in [0.1, 0.15) is 38.2 Å². The molecule has 0 heterocycles. The highest BCUT2D eigenvalue weighted by molar-refractivity contribution is 7.91. The normalized spacial score (nSPS) is 10.9. The smallest absolute Gasteiger partial charge is 0.225 e. The highest BCUT2D eigenvalue weighted by atomic mass is 32.2. The Labute approximate surface area is 125 Å². The number of hydrogen-bond acceptors (Lipinski definition) is 4. The molecule has 0 unspecified atom stereocenters. The number of amides is 1. The Morgan fingerprint density at radius 2 is 1.95 bits per heavy atom. The van der Waals surface area contributed by atoms with Crippen LogP contribution in [0.5, 0.6) is 0 Å². The van der Waals surface area contributed by atoms with E-state index in [0.717, 1.165) is 12.8 Å². The van der Waals surface area contributed by atoms with Crippen LogP contribution in [-0.4, -0.2) is 25.8 Å². The molecule has 0 aromatic heterocycles. The number of hydrogen-bond donors (Lipinski definition) is 1. The van der Waals surface area contributed by atoms with Gasteiger partial charge in [-0.1, -0.05) is 31.9 Å². The number of anilines is 1. The Balaban J connectivity index is 2.49. The SMILES string of the molecule is CCCCCS(=O)(=O)CCC(=O)Nc1ccccc1C#N. The monoisotopic (exact) mass is 308 g/mol. The highest BCUT2D eigenvalue weighted by Gasteiger charge is 2.14. The summed E-state index contributed by atoms with van der Waals surface area (Å²) in [5, 5.41) is 11.5. The molecule has 1 rings (SSSR count). The Hall–Kier alpha value is -1.87. The predicted octanol–water partition coefficient (Wildman–Crippen LogP) is 2.49. The fourth-order valence-corrected chi connectivity index (χ4v) is 3.17. The molecule has 0 aliphatic rings. The zero-order valence-electron chi connectivity index (χ0n) is 12.1. The quantitative estimate of drug-likeness (QED) is 0.747. The molecule has 0 radical (unpaired) electrons. The summed E-state index contributed by atoms with van der Waals surface area (Å²) in [5.41, 5.74) is 0.769. The van der Waals surface area contributed by atoms with Gasteiger partial charge in [0.1, 0.15) is 6.07 Å². The van der Waals surface area contributed by atoms with E-state index in [1.165, 1.54) is 0 Å². The molecular formula is C15H20N2O3S. The lowest BCUT2D eigenvalue weighted by molar-refractivity contribution is -0.115. The third-order valence-corrected chi connectivity index (χ3v) is 4.76. The van der Waals surface area contributed by atoms with E-state index in [1.807, 2.05) is 13.0 Å². The zero-order valence-corrected chi connectivity index (χ0v) is 12.9. The number of carbonyl (C=O) groups is 1. The lowest BCUT2D eigenvalue weighted by atomic mass is 10.2. The number of para-hydroxylation sites is 1. The summed E-state index contributed by atoms with van der Waals surface area (Å²) in [6, 6.07) is 8.59. The maximum atomic E-state index is 11.8. The first kappa shape index (κ1) is 17.2. The van der Waals surface area contributed by atoms with E-state index in [0.29, 0.717) is 17.7 Å². The Bertz CT molecular complexity index is 618. The van der Waals surface area contributed by atoms with E-state index >= 15 is 0 Å². The largest absolute Gasteiger partial charge is 0.325 e. The van der Waals surface area contributed by atoms with Crippen molar-refractivity contribution in [3.05, 3.63) is 29.8 Å². The van der Waals surface area contributed by atoms with Crippen molar-refractivity contribution in [3.8, 4) is 6.07 Å². The molecule has 1 aromatic rings. The molecule has 0 saturated carbocycles. The molecule has 114 valence electrons. The summed E-state index contributed by atoms with van der Waals surface area (Å²) in [6.07, 6.45) is 2.38. The minimum absolute atomic E-state index is 0.0891. The number of nitrogens with zero attached hydrogens (tertiary/aromatic N) is 1. The molecule has 6 heteroatoms. The van der Waals surface area contributed by atoms with Gasteiger partial charge in [-0.3, -0.25) is 4.79 Å². The second kappa shape index (κ2) is 8.42. The average Bonchev–Trinajstić information content (AvgIpc) is 2.46. The van der Waals surface area contributed by atoms with E-state index in [4.69, 9.17) is 5.26 Å². The number of nitriles is 1. The lowest BCUT2D eigenvalue weighted by Crippen LogP contribution is -2.19. The molecule has 21 heavy (non-hydrogen) atoms. The van der Waals surface area contributed by atoms with Gasteiger partial charge in [-0.05, 0) is 18.6 Å². The van der Waals surface area contributed by atoms with Crippen LogP contribution in [0.2, 0.25) is 0 Å². The number of unbranched alkanes of at least 4 members (excludes halogenated alkanes) is 2. The third kappa shape index (κ3) is 6.41. The van der Waals surface area contributed by atoms with Gasteiger partial charge >= 0.3 is 0 Å². The van der Waals surface area contributed by atoms with Gasteiger partial charge in [-0.2, -0.15) is 5.26 Å². The van der Waals surface area contributed by atoms with Crippen LogP contribution < -0.4 is 5.32 Å². The summed E-state index contributed by atoms with van der Waals surface area (Å²) >= 11 is 0. The molecule has 5 nitrogen and oxygen atoms in total. The number of nitrogens with one attached hydrogen (secondary N) is 1. The second-order valence-corrected chi connectivity index (χ2v) is 7.12. The summed E-state index contributed by atoms with van der Waals surface area (Å²) in [7, 11) is -3.18. The Morgan fingerprint density at radius 3 is 2.62 bits per heavy atom. The molecule has 0 aliphatic carbocycles. The standard InChI is InChI=1S/C15H20N2O3S/c1-2-3-6-10-21(19,20)11-9-15(18)17-14-8-5-4-7-13(14)12-16/h4-5,7-8H,2-3,6,9-11H2,1H3,(H,17,18). The molecule has 1 aromatic carbocycles. The van der Waals surface area contributed by atoms with E-state index in [2.05, 4.69) is 5.32 Å². The van der Waals surface area contributed by atoms with Crippen LogP contribution in [0, 0.1) is 11.3 Å². The predicted molar refractivity (Wildman–Crippen MR) is 82.6 cm³/mol. The summed E-state index contributed by atoms with van der Waals surface area (Å²) in [5.74, 6) is -0.419. The van der Waals surface area contributed by atoms with Crippen molar-refractivity contribution >= 4 is 21.4 Å². The maximum absolute atomic E-state index is 11.8. The van der Waals surface area contributed by atoms with Gasteiger partial charge in [0.15, 0.2) is 9.84 Å². The number of sulfone groups is 1. The van der Waals surface area contributed by atoms with Crippen LogP contribution in [0.25, 0.3) is 0 Å². The fourth-order valence-electron chi connectivity index (χ4n) is 1.82. The molecule has 0 saturated heterocycles. The lowest BCUT2D eigenvalue weighted by Gasteiger charge is -2.07. The summed E-state index contributed by atoms with van der Waals surface area (Å²) in [6.45, 7) is 2.01. The van der Waals surface area contributed by atoms with E-state index in [-0.39, 0.29) is 17.9 Å². The first-order valence-corrected chi connectivity index (χ1v) is 8.80. The van der Waals surface area contributed by atoms with Crippen molar-refractivity contribution in [3.63, 3.8) is 0 Å².